The van der Waals surface area contributed by atoms with Gasteiger partial charge >= 0.3 is 0 Å². The average Bonchev–Trinajstić information content (AvgIpc) is 2.42. The maximum Gasteiger partial charge on any atom is 0.137 e. The topological polar surface area (TPSA) is 35.2 Å². The highest BCUT2D eigenvalue weighted by Crippen LogP contribution is 2.26. The largest absolute Gasteiger partial charge is 0.496 e. The van der Waals surface area contributed by atoms with Crippen LogP contribution in [-0.2, 0) is 6.42 Å². The molecule has 0 saturated carbocycles. The minimum Gasteiger partial charge on any atom is -0.496 e. The van der Waals surface area contributed by atoms with E-state index < -0.39 is 0 Å². The van der Waals surface area contributed by atoms with Crippen molar-refractivity contribution in [2.45, 2.75) is 19.4 Å². The Labute approximate surface area is 126 Å². The van der Waals surface area contributed by atoms with Crippen molar-refractivity contribution in [2.75, 3.05) is 7.11 Å². The number of ether oxygens (including phenoxy) is 1. The van der Waals surface area contributed by atoms with Gasteiger partial charge in [-0.1, -0.05) is 23.8 Å². The van der Waals surface area contributed by atoms with Crippen LogP contribution >= 0.6 is 15.9 Å². The molecular weight excluding hydrogens is 321 g/mol. The third kappa shape index (κ3) is 3.38. The summed E-state index contributed by atoms with van der Waals surface area (Å²) in [6, 6.07) is 10.7. The van der Waals surface area contributed by atoms with E-state index >= 15 is 0 Å². The molecule has 0 amide bonds. The quantitative estimate of drug-likeness (QED) is 0.909. The van der Waals surface area contributed by atoms with Gasteiger partial charge in [0.2, 0.25) is 0 Å². The van der Waals surface area contributed by atoms with Gasteiger partial charge in [0.05, 0.1) is 11.6 Å². The number of benzene rings is 2. The highest BCUT2D eigenvalue weighted by molar-refractivity contribution is 9.10. The summed E-state index contributed by atoms with van der Waals surface area (Å²) in [5.74, 6) is 0.512. The first-order valence-electron chi connectivity index (χ1n) is 6.35. The number of hydrogen-bond donors (Lipinski definition) is 1. The van der Waals surface area contributed by atoms with Crippen molar-refractivity contribution < 1.29 is 9.13 Å². The molecule has 0 aliphatic heterocycles. The van der Waals surface area contributed by atoms with E-state index in [2.05, 4.69) is 15.9 Å². The molecule has 0 heterocycles. The fourth-order valence-corrected chi connectivity index (χ4v) is 2.41. The van der Waals surface area contributed by atoms with Crippen LogP contribution in [0.15, 0.2) is 40.9 Å². The second-order valence-electron chi connectivity index (χ2n) is 4.80. The Kier molecular flexibility index (Phi) is 4.78. The molecule has 1 unspecified atom stereocenters. The van der Waals surface area contributed by atoms with Crippen molar-refractivity contribution in [3.05, 3.63) is 63.4 Å². The molecule has 2 nitrogen and oxygen atoms in total. The summed E-state index contributed by atoms with van der Waals surface area (Å²) in [4.78, 5) is 0. The Bertz CT molecular complexity index is 615. The van der Waals surface area contributed by atoms with E-state index in [-0.39, 0.29) is 11.9 Å². The predicted octanol–water partition coefficient (Wildman–Crippen LogP) is 4.15. The van der Waals surface area contributed by atoms with E-state index in [0.29, 0.717) is 10.9 Å². The van der Waals surface area contributed by atoms with Crippen LogP contribution in [-0.4, -0.2) is 7.11 Å². The second-order valence-corrected chi connectivity index (χ2v) is 5.65. The zero-order valence-electron chi connectivity index (χ0n) is 11.5. The van der Waals surface area contributed by atoms with Crippen LogP contribution in [0.2, 0.25) is 0 Å². The molecule has 1 atom stereocenters. The Hall–Kier alpha value is -1.39. The Balaban J connectivity index is 2.24. The van der Waals surface area contributed by atoms with Gasteiger partial charge in [-0.2, -0.15) is 0 Å². The van der Waals surface area contributed by atoms with Crippen LogP contribution in [0.3, 0.4) is 0 Å². The van der Waals surface area contributed by atoms with Gasteiger partial charge < -0.3 is 10.5 Å². The highest BCUT2D eigenvalue weighted by Gasteiger charge is 2.12. The monoisotopic (exact) mass is 337 g/mol. The van der Waals surface area contributed by atoms with Crippen LogP contribution in [0.1, 0.15) is 22.7 Å². The van der Waals surface area contributed by atoms with Crippen molar-refractivity contribution >= 4 is 15.9 Å². The molecule has 20 heavy (non-hydrogen) atoms. The average molecular weight is 338 g/mol. The maximum atomic E-state index is 13.6. The third-order valence-corrected chi connectivity index (χ3v) is 3.89. The normalized spacial score (nSPS) is 12.2. The number of halogens is 2. The van der Waals surface area contributed by atoms with Crippen LogP contribution < -0.4 is 10.5 Å². The molecule has 0 aromatic heterocycles. The fraction of sp³-hybridized carbons (Fsp3) is 0.250. The number of rotatable bonds is 4. The summed E-state index contributed by atoms with van der Waals surface area (Å²) in [6.07, 6.45) is 0.603. The second kappa shape index (κ2) is 6.37. The Morgan fingerprint density at radius 2 is 2.00 bits per heavy atom. The number of aryl methyl sites for hydroxylation is 1. The van der Waals surface area contributed by atoms with Gasteiger partial charge in [0.1, 0.15) is 11.6 Å². The fourth-order valence-electron chi connectivity index (χ4n) is 2.16. The Morgan fingerprint density at radius 3 is 2.65 bits per heavy atom. The first kappa shape index (κ1) is 15.0. The number of methoxy groups -OCH3 is 1. The van der Waals surface area contributed by atoms with Crippen LogP contribution in [0.25, 0.3) is 0 Å². The van der Waals surface area contributed by atoms with E-state index in [0.717, 1.165) is 22.4 Å². The molecular formula is C16H17BrFNO. The van der Waals surface area contributed by atoms with E-state index in [1.165, 1.54) is 6.07 Å². The standard InChI is InChI=1S/C16H17BrFNO/c1-10-3-6-16(20-2)12(7-10)9-15(19)11-4-5-13(17)14(18)8-11/h3-8,15H,9,19H2,1-2H3. The van der Waals surface area contributed by atoms with E-state index in [1.54, 1.807) is 13.2 Å². The van der Waals surface area contributed by atoms with E-state index in [1.807, 2.05) is 31.2 Å². The lowest BCUT2D eigenvalue weighted by molar-refractivity contribution is 0.408. The Morgan fingerprint density at radius 1 is 1.25 bits per heavy atom. The van der Waals surface area contributed by atoms with Crippen molar-refractivity contribution in [1.29, 1.82) is 0 Å². The summed E-state index contributed by atoms with van der Waals surface area (Å²) in [5.41, 5.74) is 9.13. The lowest BCUT2D eigenvalue weighted by atomic mass is 9.98. The SMILES string of the molecule is COc1ccc(C)cc1CC(N)c1ccc(Br)c(F)c1. The molecule has 106 valence electrons. The van der Waals surface area contributed by atoms with Crippen molar-refractivity contribution in [1.82, 2.24) is 0 Å². The molecule has 0 saturated heterocycles. The van der Waals surface area contributed by atoms with Gasteiger partial charge in [0.25, 0.3) is 0 Å². The zero-order valence-corrected chi connectivity index (χ0v) is 13.1. The number of nitrogens with two attached hydrogens (primary N) is 1. The molecule has 0 aliphatic rings. The molecule has 4 heteroatoms. The van der Waals surface area contributed by atoms with Crippen LogP contribution in [0.5, 0.6) is 5.75 Å². The maximum absolute atomic E-state index is 13.6. The smallest absolute Gasteiger partial charge is 0.137 e. The summed E-state index contributed by atoms with van der Waals surface area (Å²) in [6.45, 7) is 2.02. The third-order valence-electron chi connectivity index (χ3n) is 3.25. The van der Waals surface area contributed by atoms with Crippen molar-refractivity contribution in [3.63, 3.8) is 0 Å². The molecule has 0 bridgehead atoms. The molecule has 0 fully saturated rings. The first-order chi connectivity index (χ1) is 9.51. The minimum atomic E-state index is -0.297. The van der Waals surface area contributed by atoms with Crippen LogP contribution in [0.4, 0.5) is 4.39 Å². The van der Waals surface area contributed by atoms with Gasteiger partial charge in [-0.25, -0.2) is 4.39 Å². The lowest BCUT2D eigenvalue weighted by Crippen LogP contribution is -2.14. The lowest BCUT2D eigenvalue weighted by Gasteiger charge is -2.15. The number of hydrogen-bond acceptors (Lipinski definition) is 2. The highest BCUT2D eigenvalue weighted by atomic mass is 79.9. The van der Waals surface area contributed by atoms with Gasteiger partial charge in [0.15, 0.2) is 0 Å². The molecule has 2 rings (SSSR count). The molecule has 0 aliphatic carbocycles. The van der Waals surface area contributed by atoms with E-state index in [9.17, 15) is 4.39 Å². The summed E-state index contributed by atoms with van der Waals surface area (Å²) in [5, 5.41) is 0. The zero-order chi connectivity index (χ0) is 14.7. The minimum absolute atomic E-state index is 0.270. The van der Waals surface area contributed by atoms with Crippen molar-refractivity contribution in [3.8, 4) is 5.75 Å². The molecule has 0 spiro atoms. The van der Waals surface area contributed by atoms with Gasteiger partial charge in [0, 0.05) is 6.04 Å². The first-order valence-corrected chi connectivity index (χ1v) is 7.14. The van der Waals surface area contributed by atoms with E-state index in [4.69, 9.17) is 10.5 Å². The molecule has 0 radical (unpaired) electrons. The summed E-state index contributed by atoms with van der Waals surface area (Å²) in [7, 11) is 1.64. The summed E-state index contributed by atoms with van der Waals surface area (Å²) >= 11 is 3.14. The predicted molar refractivity (Wildman–Crippen MR) is 82.5 cm³/mol. The van der Waals surface area contributed by atoms with Gasteiger partial charge in [-0.15, -0.1) is 0 Å². The van der Waals surface area contributed by atoms with Crippen molar-refractivity contribution in [2.24, 2.45) is 5.73 Å². The van der Waals surface area contributed by atoms with Gasteiger partial charge in [-0.3, -0.25) is 0 Å². The van der Waals surface area contributed by atoms with Gasteiger partial charge in [-0.05, 0) is 58.6 Å². The summed E-state index contributed by atoms with van der Waals surface area (Å²) < 4.78 is 19.3. The molecule has 2 aromatic rings. The molecule has 2 N–H and O–H groups in total. The molecule has 2 aromatic carbocycles. The van der Waals surface area contributed by atoms with Crippen LogP contribution in [0, 0.1) is 12.7 Å².